The molecule has 2 aromatic heterocycles. The highest BCUT2D eigenvalue weighted by Gasteiger charge is 2.25. The molecule has 0 aliphatic heterocycles. The average Bonchev–Trinajstić information content (AvgIpc) is 2.98. The van der Waals surface area contributed by atoms with E-state index in [-0.39, 0.29) is 5.56 Å². The summed E-state index contributed by atoms with van der Waals surface area (Å²) in [6, 6.07) is 7.45. The van der Waals surface area contributed by atoms with Gasteiger partial charge >= 0.3 is 0 Å². The molecule has 6 heteroatoms. The highest BCUT2D eigenvalue weighted by Crippen LogP contribution is 2.42. The molecule has 0 saturated heterocycles. The topological polar surface area (TPSA) is 105 Å². The van der Waals surface area contributed by atoms with E-state index in [1.54, 1.807) is 12.3 Å². The minimum Gasteiger partial charge on any atom is -0.365 e. The van der Waals surface area contributed by atoms with E-state index in [0.717, 1.165) is 29.5 Å². The molecule has 1 aliphatic carbocycles. The molecular formula is C17H16N4O2. The molecule has 1 saturated carbocycles. The first-order valence-corrected chi connectivity index (χ1v) is 7.64. The lowest BCUT2D eigenvalue weighted by Crippen LogP contribution is -2.23. The van der Waals surface area contributed by atoms with E-state index in [0.29, 0.717) is 11.4 Å². The maximum absolute atomic E-state index is 12.2. The Bertz CT molecular complexity index is 953. The highest BCUT2D eigenvalue weighted by molar-refractivity contribution is 6.00. The summed E-state index contributed by atoms with van der Waals surface area (Å²) in [5, 5.41) is 7.79. The third kappa shape index (κ3) is 2.14. The summed E-state index contributed by atoms with van der Waals surface area (Å²) < 4.78 is 0. The lowest BCUT2D eigenvalue weighted by molar-refractivity contribution is 0.0999. The van der Waals surface area contributed by atoms with Gasteiger partial charge in [-0.15, -0.1) is 0 Å². The lowest BCUT2D eigenvalue weighted by Gasteiger charge is -2.28. The summed E-state index contributed by atoms with van der Waals surface area (Å²) in [5.41, 5.74) is 8.52. The predicted octanol–water partition coefficient (Wildman–Crippen LogP) is 2.28. The number of nitrogens with two attached hydrogens (primary N) is 1. The summed E-state index contributed by atoms with van der Waals surface area (Å²) in [6.07, 6.45) is 5.21. The van der Waals surface area contributed by atoms with Crippen molar-refractivity contribution in [2.45, 2.75) is 25.2 Å². The van der Waals surface area contributed by atoms with Crippen molar-refractivity contribution >= 4 is 16.8 Å². The van der Waals surface area contributed by atoms with E-state index in [1.165, 1.54) is 12.0 Å². The minimum absolute atomic E-state index is 0.0237. The van der Waals surface area contributed by atoms with Crippen molar-refractivity contribution in [3.8, 4) is 11.3 Å². The van der Waals surface area contributed by atoms with Crippen LogP contribution in [0.15, 0.2) is 35.3 Å². The van der Waals surface area contributed by atoms with Crippen molar-refractivity contribution in [1.82, 2.24) is 15.2 Å². The zero-order valence-electron chi connectivity index (χ0n) is 12.4. The third-order valence-corrected chi connectivity index (χ3v) is 4.63. The Morgan fingerprint density at radius 3 is 2.70 bits per heavy atom. The number of hydrogen-bond acceptors (Lipinski definition) is 3. The first kappa shape index (κ1) is 13.8. The van der Waals surface area contributed by atoms with Crippen LogP contribution in [0.4, 0.5) is 0 Å². The number of carbonyl (C=O) groups excluding carboxylic acids is 1. The molecule has 3 aromatic rings. The van der Waals surface area contributed by atoms with Gasteiger partial charge in [0.15, 0.2) is 0 Å². The third-order valence-electron chi connectivity index (χ3n) is 4.63. The van der Waals surface area contributed by atoms with Crippen molar-refractivity contribution in [3.05, 3.63) is 51.9 Å². The fourth-order valence-electron chi connectivity index (χ4n) is 3.22. The van der Waals surface area contributed by atoms with E-state index in [9.17, 15) is 9.59 Å². The van der Waals surface area contributed by atoms with E-state index in [4.69, 9.17) is 5.73 Å². The smallest absolute Gasteiger partial charge is 0.261 e. The lowest BCUT2D eigenvalue weighted by atomic mass is 9.77. The molecule has 0 bridgehead atoms. The van der Waals surface area contributed by atoms with Crippen molar-refractivity contribution < 1.29 is 4.79 Å². The van der Waals surface area contributed by atoms with Crippen molar-refractivity contribution in [3.63, 3.8) is 0 Å². The van der Waals surface area contributed by atoms with Crippen LogP contribution in [0.5, 0.6) is 0 Å². The number of primary amides is 1. The second-order valence-electron chi connectivity index (χ2n) is 5.97. The number of amides is 1. The quantitative estimate of drug-likeness (QED) is 0.691. The normalized spacial score (nSPS) is 14.8. The second kappa shape index (κ2) is 5.08. The van der Waals surface area contributed by atoms with Gasteiger partial charge in [-0.1, -0.05) is 18.6 Å². The number of H-pyrrole nitrogens is 2. The molecule has 0 atom stereocenters. The summed E-state index contributed by atoms with van der Waals surface area (Å²) in [6.45, 7) is 0. The number of nitrogens with one attached hydrogen (secondary N) is 2. The van der Waals surface area contributed by atoms with Crippen molar-refractivity contribution in [1.29, 1.82) is 0 Å². The molecule has 116 valence electrons. The molecule has 23 heavy (non-hydrogen) atoms. The van der Waals surface area contributed by atoms with Gasteiger partial charge in [0.05, 0.1) is 11.2 Å². The first-order valence-electron chi connectivity index (χ1n) is 7.64. The molecule has 1 aromatic carbocycles. The van der Waals surface area contributed by atoms with Gasteiger partial charge in [-0.2, -0.15) is 5.10 Å². The van der Waals surface area contributed by atoms with E-state index < -0.39 is 11.5 Å². The Morgan fingerprint density at radius 1 is 1.26 bits per heavy atom. The van der Waals surface area contributed by atoms with Crippen molar-refractivity contribution in [2.75, 3.05) is 0 Å². The number of aromatic amines is 2. The van der Waals surface area contributed by atoms with Gasteiger partial charge in [0, 0.05) is 11.8 Å². The van der Waals surface area contributed by atoms with Crippen LogP contribution in [0.2, 0.25) is 0 Å². The van der Waals surface area contributed by atoms with E-state index >= 15 is 0 Å². The standard InChI is InChI=1S/C17H16N4O2/c18-16(22)12-8-10-4-5-11(9-2-1-3-9)14(13-6-7-19-21-13)15(10)20-17(12)23/h4-9H,1-3H2,(H2,18,22)(H,19,21)(H,20,23). The molecular weight excluding hydrogens is 292 g/mol. The molecule has 2 heterocycles. The number of pyridine rings is 1. The minimum atomic E-state index is -0.723. The van der Waals surface area contributed by atoms with Crippen LogP contribution >= 0.6 is 0 Å². The number of benzene rings is 1. The SMILES string of the molecule is NC(=O)c1cc2ccc(C3CCC3)c(-c3ccn[nH]3)c2[nH]c1=O. The molecule has 0 radical (unpaired) electrons. The molecule has 6 nitrogen and oxygen atoms in total. The van der Waals surface area contributed by atoms with Crippen LogP contribution in [0.1, 0.15) is 41.1 Å². The van der Waals surface area contributed by atoms with Crippen LogP contribution in [-0.4, -0.2) is 21.1 Å². The largest absolute Gasteiger partial charge is 0.365 e. The number of rotatable bonds is 3. The monoisotopic (exact) mass is 308 g/mol. The van der Waals surface area contributed by atoms with Crippen LogP contribution in [0.25, 0.3) is 22.2 Å². The van der Waals surface area contributed by atoms with Gasteiger partial charge in [0.25, 0.3) is 11.5 Å². The number of aromatic nitrogens is 3. The summed E-state index contributed by atoms with van der Waals surface area (Å²) >= 11 is 0. The van der Waals surface area contributed by atoms with Gasteiger partial charge in [0.1, 0.15) is 5.56 Å². The molecule has 4 rings (SSSR count). The molecule has 0 spiro atoms. The fourth-order valence-corrected chi connectivity index (χ4v) is 3.22. The number of fused-ring (bicyclic) bond motifs is 1. The Balaban J connectivity index is 2.05. The summed E-state index contributed by atoms with van der Waals surface area (Å²) in [4.78, 5) is 26.4. The molecule has 4 N–H and O–H groups in total. The Labute approximate surface area is 131 Å². The average molecular weight is 308 g/mol. The van der Waals surface area contributed by atoms with E-state index in [1.807, 2.05) is 12.1 Å². The van der Waals surface area contributed by atoms with Gasteiger partial charge in [-0.05, 0) is 41.8 Å². The Hall–Kier alpha value is -2.89. The Morgan fingerprint density at radius 2 is 2.09 bits per heavy atom. The number of carbonyl (C=O) groups is 1. The van der Waals surface area contributed by atoms with Gasteiger partial charge in [0.2, 0.25) is 0 Å². The zero-order chi connectivity index (χ0) is 16.0. The van der Waals surface area contributed by atoms with Crippen LogP contribution in [0.3, 0.4) is 0 Å². The van der Waals surface area contributed by atoms with Crippen LogP contribution in [0, 0.1) is 0 Å². The number of nitrogens with zero attached hydrogens (tertiary/aromatic N) is 1. The van der Waals surface area contributed by atoms with Gasteiger partial charge < -0.3 is 10.7 Å². The number of hydrogen-bond donors (Lipinski definition) is 3. The summed E-state index contributed by atoms with van der Waals surface area (Å²) in [7, 11) is 0. The summed E-state index contributed by atoms with van der Waals surface area (Å²) in [5.74, 6) is -0.226. The van der Waals surface area contributed by atoms with Crippen LogP contribution in [-0.2, 0) is 0 Å². The predicted molar refractivity (Wildman–Crippen MR) is 87.3 cm³/mol. The van der Waals surface area contributed by atoms with E-state index in [2.05, 4.69) is 21.2 Å². The highest BCUT2D eigenvalue weighted by atomic mass is 16.2. The maximum Gasteiger partial charge on any atom is 0.261 e. The molecule has 1 aliphatic rings. The van der Waals surface area contributed by atoms with Gasteiger partial charge in [-0.25, -0.2) is 0 Å². The Kier molecular flexibility index (Phi) is 3.04. The molecule has 1 fully saturated rings. The fraction of sp³-hybridized carbons (Fsp3) is 0.235. The first-order chi connectivity index (χ1) is 11.1. The van der Waals surface area contributed by atoms with Crippen molar-refractivity contribution in [2.24, 2.45) is 5.73 Å². The maximum atomic E-state index is 12.2. The molecule has 0 unspecified atom stereocenters. The van der Waals surface area contributed by atoms with Gasteiger partial charge in [-0.3, -0.25) is 14.7 Å². The second-order valence-corrected chi connectivity index (χ2v) is 5.97. The van der Waals surface area contributed by atoms with Crippen LogP contribution < -0.4 is 11.3 Å². The zero-order valence-corrected chi connectivity index (χ0v) is 12.4. The molecule has 1 amide bonds.